The first-order chi connectivity index (χ1) is 8.13. The molecule has 0 amide bonds. The lowest BCUT2D eigenvalue weighted by Gasteiger charge is -2.29. The third-order valence-electron chi connectivity index (χ3n) is 2.84. The molecule has 1 unspecified atom stereocenters. The second-order valence-electron chi connectivity index (χ2n) is 3.90. The van der Waals surface area contributed by atoms with Crippen LogP contribution in [0.2, 0.25) is 0 Å². The highest BCUT2D eigenvalue weighted by molar-refractivity contribution is 7.98. The van der Waals surface area contributed by atoms with Crippen LogP contribution < -0.4 is 4.90 Å². The van der Waals surface area contributed by atoms with Gasteiger partial charge in [-0.15, -0.1) is 0 Å². The number of anilines is 1. The molecule has 4 heteroatoms. The van der Waals surface area contributed by atoms with E-state index >= 15 is 0 Å². The minimum Gasteiger partial charge on any atom is -0.370 e. The minimum absolute atomic E-state index is 0.363. The predicted octanol–water partition coefficient (Wildman–Crippen LogP) is 3.28. The molecule has 0 aliphatic heterocycles. The summed E-state index contributed by atoms with van der Waals surface area (Å²) < 4.78 is 13.1. The number of hydrogen-bond donors (Lipinski definition) is 0. The maximum Gasteiger partial charge on any atom is 0.124 e. The quantitative estimate of drug-likeness (QED) is 0.804. The van der Waals surface area contributed by atoms with Gasteiger partial charge in [-0.25, -0.2) is 4.39 Å². The Kier molecular flexibility index (Phi) is 5.30. The summed E-state index contributed by atoms with van der Waals surface area (Å²) in [5.41, 5.74) is 1.20. The van der Waals surface area contributed by atoms with E-state index in [1.807, 2.05) is 13.1 Å². The van der Waals surface area contributed by atoms with Crippen LogP contribution in [0.15, 0.2) is 18.2 Å². The summed E-state index contributed by atoms with van der Waals surface area (Å²) in [5, 5.41) is 9.03. The number of halogens is 1. The topological polar surface area (TPSA) is 27.0 Å². The van der Waals surface area contributed by atoms with Gasteiger partial charge < -0.3 is 4.90 Å². The fraction of sp³-hybridized carbons (Fsp3) is 0.462. The monoisotopic (exact) mass is 252 g/mol. The third-order valence-corrected chi connectivity index (χ3v) is 3.56. The SMILES string of the molecule is CCC(CSC)N(C)c1ccc(F)cc1C#N. The normalized spacial score (nSPS) is 11.9. The molecule has 1 aromatic carbocycles. The van der Waals surface area contributed by atoms with Gasteiger partial charge in [0.1, 0.15) is 11.9 Å². The van der Waals surface area contributed by atoms with Crippen molar-refractivity contribution < 1.29 is 4.39 Å². The molecule has 1 atom stereocenters. The molecule has 2 nitrogen and oxygen atoms in total. The summed E-state index contributed by atoms with van der Waals surface area (Å²) in [6.45, 7) is 2.12. The van der Waals surface area contributed by atoms with Gasteiger partial charge in [0.25, 0.3) is 0 Å². The van der Waals surface area contributed by atoms with E-state index in [1.54, 1.807) is 17.8 Å². The van der Waals surface area contributed by atoms with Crippen LogP contribution in [0.5, 0.6) is 0 Å². The predicted molar refractivity (Wildman–Crippen MR) is 72.0 cm³/mol. The van der Waals surface area contributed by atoms with Crippen LogP contribution in [0.1, 0.15) is 18.9 Å². The Labute approximate surface area is 106 Å². The van der Waals surface area contributed by atoms with Crippen molar-refractivity contribution in [3.8, 4) is 6.07 Å². The summed E-state index contributed by atoms with van der Waals surface area (Å²) in [6, 6.07) is 6.78. The molecule has 0 aliphatic carbocycles. The Morgan fingerprint density at radius 2 is 2.24 bits per heavy atom. The van der Waals surface area contributed by atoms with Crippen molar-refractivity contribution in [2.24, 2.45) is 0 Å². The highest BCUT2D eigenvalue weighted by Crippen LogP contribution is 2.23. The Morgan fingerprint density at radius 3 is 2.76 bits per heavy atom. The highest BCUT2D eigenvalue weighted by Gasteiger charge is 2.16. The lowest BCUT2D eigenvalue weighted by molar-refractivity contribution is 0.625. The molecule has 0 spiro atoms. The second-order valence-corrected chi connectivity index (χ2v) is 4.81. The number of benzene rings is 1. The van der Waals surface area contributed by atoms with Crippen molar-refractivity contribution in [3.63, 3.8) is 0 Å². The van der Waals surface area contributed by atoms with Gasteiger partial charge in [0, 0.05) is 18.8 Å². The first kappa shape index (κ1) is 13.9. The van der Waals surface area contributed by atoms with Gasteiger partial charge >= 0.3 is 0 Å². The van der Waals surface area contributed by atoms with E-state index in [0.717, 1.165) is 17.9 Å². The van der Waals surface area contributed by atoms with E-state index in [4.69, 9.17) is 5.26 Å². The van der Waals surface area contributed by atoms with Crippen LogP contribution in [0.25, 0.3) is 0 Å². The Hall–Kier alpha value is -1.21. The van der Waals surface area contributed by atoms with E-state index in [1.165, 1.54) is 12.1 Å². The first-order valence-electron chi connectivity index (χ1n) is 5.55. The smallest absolute Gasteiger partial charge is 0.124 e. The van der Waals surface area contributed by atoms with Gasteiger partial charge in [-0.1, -0.05) is 6.92 Å². The van der Waals surface area contributed by atoms with Crippen LogP contribution in [-0.2, 0) is 0 Å². The van der Waals surface area contributed by atoms with E-state index in [2.05, 4.69) is 18.1 Å². The van der Waals surface area contributed by atoms with Gasteiger partial charge in [0.05, 0.1) is 11.3 Å². The van der Waals surface area contributed by atoms with Crippen LogP contribution in [-0.4, -0.2) is 25.1 Å². The summed E-state index contributed by atoms with van der Waals surface area (Å²) in [6.07, 6.45) is 3.06. The maximum atomic E-state index is 13.1. The number of hydrogen-bond acceptors (Lipinski definition) is 3. The third kappa shape index (κ3) is 3.37. The molecule has 1 aromatic rings. The maximum absolute atomic E-state index is 13.1. The number of rotatable bonds is 5. The molecular formula is C13H17FN2S. The standard InChI is InChI=1S/C13H17FN2S/c1-4-12(9-17-3)16(2)13-6-5-11(14)7-10(13)8-15/h5-7,12H,4,9H2,1-3H3. The Morgan fingerprint density at radius 1 is 1.53 bits per heavy atom. The van der Waals surface area contributed by atoms with Crippen molar-refractivity contribution >= 4 is 17.4 Å². The van der Waals surface area contributed by atoms with Crippen LogP contribution >= 0.6 is 11.8 Å². The Balaban J connectivity index is 3.02. The van der Waals surface area contributed by atoms with Gasteiger partial charge in [0.15, 0.2) is 0 Å². The molecule has 1 rings (SSSR count). The highest BCUT2D eigenvalue weighted by atomic mass is 32.2. The lowest BCUT2D eigenvalue weighted by atomic mass is 10.1. The molecule has 0 saturated heterocycles. The fourth-order valence-electron chi connectivity index (χ4n) is 1.80. The van der Waals surface area contributed by atoms with Crippen molar-refractivity contribution in [2.45, 2.75) is 19.4 Å². The molecule has 0 heterocycles. The zero-order chi connectivity index (χ0) is 12.8. The molecule has 0 saturated carbocycles. The molecule has 92 valence electrons. The van der Waals surface area contributed by atoms with Crippen LogP contribution in [0.4, 0.5) is 10.1 Å². The fourth-order valence-corrected chi connectivity index (χ4v) is 2.64. The van der Waals surface area contributed by atoms with Gasteiger partial charge in [-0.3, -0.25) is 0 Å². The van der Waals surface area contributed by atoms with Gasteiger partial charge in [-0.2, -0.15) is 17.0 Å². The van der Waals surface area contributed by atoms with Crippen molar-refractivity contribution in [3.05, 3.63) is 29.6 Å². The molecule has 0 aliphatic rings. The number of nitrogens with zero attached hydrogens (tertiary/aromatic N) is 2. The molecule has 17 heavy (non-hydrogen) atoms. The average molecular weight is 252 g/mol. The molecule has 0 fully saturated rings. The van der Waals surface area contributed by atoms with E-state index in [0.29, 0.717) is 11.6 Å². The van der Waals surface area contributed by atoms with E-state index in [-0.39, 0.29) is 5.82 Å². The van der Waals surface area contributed by atoms with Gasteiger partial charge in [-0.05, 0) is 30.9 Å². The summed E-state index contributed by atoms with van der Waals surface area (Å²) in [4.78, 5) is 2.06. The van der Waals surface area contributed by atoms with Crippen molar-refractivity contribution in [1.82, 2.24) is 0 Å². The van der Waals surface area contributed by atoms with Crippen LogP contribution in [0, 0.1) is 17.1 Å². The lowest BCUT2D eigenvalue weighted by Crippen LogP contribution is -2.33. The van der Waals surface area contributed by atoms with E-state index in [9.17, 15) is 4.39 Å². The number of nitriles is 1. The van der Waals surface area contributed by atoms with Crippen molar-refractivity contribution in [2.75, 3.05) is 24.0 Å². The average Bonchev–Trinajstić information content (AvgIpc) is 2.34. The van der Waals surface area contributed by atoms with Gasteiger partial charge in [0.2, 0.25) is 0 Å². The molecule has 0 aromatic heterocycles. The zero-order valence-corrected chi connectivity index (χ0v) is 11.2. The summed E-state index contributed by atoms with van der Waals surface area (Å²) in [7, 11) is 1.96. The van der Waals surface area contributed by atoms with Crippen molar-refractivity contribution in [1.29, 1.82) is 5.26 Å². The molecule has 0 N–H and O–H groups in total. The molecule has 0 radical (unpaired) electrons. The molecular weight excluding hydrogens is 235 g/mol. The largest absolute Gasteiger partial charge is 0.370 e. The second kappa shape index (κ2) is 6.51. The first-order valence-corrected chi connectivity index (χ1v) is 6.94. The summed E-state index contributed by atoms with van der Waals surface area (Å²) in [5.74, 6) is 0.631. The minimum atomic E-state index is -0.364. The van der Waals surface area contributed by atoms with E-state index < -0.39 is 0 Å². The Bertz CT molecular complexity index is 414. The molecule has 0 bridgehead atoms. The zero-order valence-electron chi connectivity index (χ0n) is 10.4. The summed E-state index contributed by atoms with van der Waals surface area (Å²) >= 11 is 1.78. The number of thioether (sulfide) groups is 1. The van der Waals surface area contributed by atoms with Crippen LogP contribution in [0.3, 0.4) is 0 Å².